The Morgan fingerprint density at radius 3 is 1.36 bits per heavy atom. The van der Waals surface area contributed by atoms with E-state index in [0.717, 1.165) is 25.7 Å². The van der Waals surface area contributed by atoms with E-state index >= 15 is 0 Å². The van der Waals surface area contributed by atoms with Crippen LogP contribution in [0.15, 0.2) is 12.2 Å². The van der Waals surface area contributed by atoms with Crippen LogP contribution in [-0.2, 0) is 14.6 Å². The van der Waals surface area contributed by atoms with Crippen LogP contribution in [0.3, 0.4) is 0 Å². The smallest absolute Gasteiger partial charge is 0.726 e. The van der Waals surface area contributed by atoms with Crippen molar-refractivity contribution in [2.75, 3.05) is 6.61 Å². The predicted octanol–water partition coefficient (Wildman–Crippen LogP) is 7.04. The Morgan fingerprint density at radius 2 is 0.972 bits per heavy atom. The summed E-state index contributed by atoms with van der Waals surface area (Å²) in [6.45, 7) is 4.46. The molecule has 0 N–H and O–H groups in total. The molecule has 0 aromatic carbocycles. The maximum absolute atomic E-state index is 10.8. The molecule has 0 aromatic heterocycles. The first-order chi connectivity index (χ1) is 17.0. The molecule has 4 nitrogen and oxygen atoms in total. The molecule has 0 spiro atoms. The maximum Gasteiger partial charge on any atom is 1.00 e. The van der Waals surface area contributed by atoms with Gasteiger partial charge in [0, 0.05) is 5.92 Å². The van der Waals surface area contributed by atoms with Crippen molar-refractivity contribution < 1.29 is 68.5 Å². The van der Waals surface area contributed by atoms with Gasteiger partial charge in [-0.2, -0.15) is 0 Å². The molecular formula is C30H59KO4S. The summed E-state index contributed by atoms with van der Waals surface area (Å²) in [5.74, 6) is 0.0194. The molecule has 1 unspecified atom stereocenters. The van der Waals surface area contributed by atoms with E-state index in [1.165, 1.54) is 128 Å². The van der Waals surface area contributed by atoms with Crippen LogP contribution in [0.2, 0.25) is 0 Å². The Hall–Kier alpha value is 1.25. The molecule has 0 heterocycles. The van der Waals surface area contributed by atoms with E-state index in [1.54, 1.807) is 0 Å². The van der Waals surface area contributed by atoms with Gasteiger partial charge in [-0.3, -0.25) is 4.18 Å². The first kappa shape index (κ1) is 39.4. The molecule has 0 radical (unpaired) electrons. The van der Waals surface area contributed by atoms with Gasteiger partial charge in [-0.15, -0.1) is 0 Å². The minimum Gasteiger partial charge on any atom is -0.726 e. The molecular weight excluding hydrogens is 495 g/mol. The van der Waals surface area contributed by atoms with Gasteiger partial charge in [-0.05, 0) is 19.3 Å². The van der Waals surface area contributed by atoms with Gasteiger partial charge in [0.15, 0.2) is 0 Å². The second-order valence-corrected chi connectivity index (χ2v) is 11.6. The van der Waals surface area contributed by atoms with Gasteiger partial charge in [0.1, 0.15) is 0 Å². The van der Waals surface area contributed by atoms with Crippen LogP contribution >= 0.6 is 0 Å². The van der Waals surface area contributed by atoms with E-state index in [0.29, 0.717) is 0 Å². The zero-order valence-electron chi connectivity index (χ0n) is 24.5. The first-order valence-corrected chi connectivity index (χ1v) is 16.6. The summed E-state index contributed by atoms with van der Waals surface area (Å²) in [5.41, 5.74) is 0. The Kier molecular flexibility index (Phi) is 33.7. The van der Waals surface area contributed by atoms with Crippen molar-refractivity contribution in [3.63, 3.8) is 0 Å². The molecule has 0 rings (SSSR count). The van der Waals surface area contributed by atoms with Crippen LogP contribution in [0.1, 0.15) is 168 Å². The quantitative estimate of drug-likeness (QED) is 0.0342. The van der Waals surface area contributed by atoms with Crippen molar-refractivity contribution in [3.8, 4) is 0 Å². The van der Waals surface area contributed by atoms with Gasteiger partial charge in [0.25, 0.3) is 0 Å². The third-order valence-corrected chi connectivity index (χ3v) is 7.41. The van der Waals surface area contributed by atoms with Gasteiger partial charge < -0.3 is 4.55 Å². The second-order valence-electron chi connectivity index (χ2n) is 10.5. The van der Waals surface area contributed by atoms with E-state index in [9.17, 15) is 13.0 Å². The Labute approximate surface area is 269 Å². The molecule has 0 amide bonds. The zero-order valence-corrected chi connectivity index (χ0v) is 28.4. The molecule has 0 fully saturated rings. The SMILES string of the molecule is CCCCCC/C=C/C(CCCCCCCCCCCCCCCCCCCC)COS(=O)(=O)[O-].[K+]. The predicted molar refractivity (Wildman–Crippen MR) is 150 cm³/mol. The van der Waals surface area contributed by atoms with Gasteiger partial charge in [-0.25, -0.2) is 8.42 Å². The van der Waals surface area contributed by atoms with Crippen molar-refractivity contribution in [2.45, 2.75) is 168 Å². The van der Waals surface area contributed by atoms with Crippen LogP contribution in [0, 0.1) is 5.92 Å². The summed E-state index contributed by atoms with van der Waals surface area (Å²) in [6, 6.07) is 0. The fourth-order valence-electron chi connectivity index (χ4n) is 4.69. The summed E-state index contributed by atoms with van der Waals surface area (Å²) < 4.78 is 37.0. The fourth-order valence-corrected chi connectivity index (χ4v) is 5.03. The summed E-state index contributed by atoms with van der Waals surface area (Å²) in [4.78, 5) is 0. The van der Waals surface area contributed by atoms with E-state index in [-0.39, 0.29) is 63.9 Å². The Morgan fingerprint density at radius 1 is 0.611 bits per heavy atom. The Balaban J connectivity index is 0. The minimum atomic E-state index is -4.61. The molecule has 0 saturated carbocycles. The van der Waals surface area contributed by atoms with Gasteiger partial charge in [0.2, 0.25) is 10.4 Å². The third kappa shape index (κ3) is 33.3. The van der Waals surface area contributed by atoms with Crippen molar-refractivity contribution in [3.05, 3.63) is 12.2 Å². The van der Waals surface area contributed by atoms with Crippen molar-refractivity contribution >= 4 is 10.4 Å². The van der Waals surface area contributed by atoms with Crippen LogP contribution < -0.4 is 51.4 Å². The normalized spacial score (nSPS) is 12.8. The molecule has 0 saturated heterocycles. The zero-order chi connectivity index (χ0) is 25.9. The molecule has 1 atom stereocenters. The van der Waals surface area contributed by atoms with Crippen LogP contribution in [0.25, 0.3) is 0 Å². The van der Waals surface area contributed by atoms with Crippen LogP contribution in [0.5, 0.6) is 0 Å². The minimum absolute atomic E-state index is 0. The summed E-state index contributed by atoms with van der Waals surface area (Å²) in [7, 11) is -4.61. The van der Waals surface area contributed by atoms with Gasteiger partial charge >= 0.3 is 51.4 Å². The van der Waals surface area contributed by atoms with Crippen LogP contribution in [0.4, 0.5) is 0 Å². The first-order valence-electron chi connectivity index (χ1n) is 15.3. The second kappa shape index (κ2) is 30.8. The van der Waals surface area contributed by atoms with Crippen molar-refractivity contribution in [1.82, 2.24) is 0 Å². The number of hydrogen-bond acceptors (Lipinski definition) is 4. The molecule has 0 aliphatic carbocycles. The fraction of sp³-hybridized carbons (Fsp3) is 0.933. The van der Waals surface area contributed by atoms with Crippen molar-refractivity contribution in [2.24, 2.45) is 5.92 Å². The molecule has 0 aliphatic rings. The van der Waals surface area contributed by atoms with E-state index < -0.39 is 10.4 Å². The molecule has 210 valence electrons. The average Bonchev–Trinajstić information content (AvgIpc) is 2.82. The summed E-state index contributed by atoms with van der Waals surface area (Å²) in [6.07, 6.45) is 35.4. The number of hydrogen-bond donors (Lipinski definition) is 0. The van der Waals surface area contributed by atoms with Gasteiger partial charge in [-0.1, -0.05) is 161 Å². The number of unbranched alkanes of at least 4 members (excludes halogenated alkanes) is 21. The van der Waals surface area contributed by atoms with E-state index in [2.05, 4.69) is 30.2 Å². The maximum atomic E-state index is 10.8. The van der Waals surface area contributed by atoms with E-state index in [4.69, 9.17) is 0 Å². The standard InChI is InChI=1S/C30H60O4S.K/c1-3-5-7-9-11-12-13-14-15-16-17-18-19-20-21-22-24-26-28-30(29-34-35(31,32)33)27-25-23-10-8-6-4-2;/h25,27,30H,3-24,26,28-29H2,1-2H3,(H,31,32,33);/q;+1/p-1/b27-25+;. The monoisotopic (exact) mass is 554 g/mol. The van der Waals surface area contributed by atoms with Crippen molar-refractivity contribution in [1.29, 1.82) is 0 Å². The van der Waals surface area contributed by atoms with E-state index in [1.807, 2.05) is 0 Å². The molecule has 6 heteroatoms. The summed E-state index contributed by atoms with van der Waals surface area (Å²) >= 11 is 0. The van der Waals surface area contributed by atoms with Crippen LogP contribution in [-0.4, -0.2) is 19.6 Å². The molecule has 0 aromatic rings. The average molecular weight is 555 g/mol. The molecule has 0 bridgehead atoms. The summed E-state index contributed by atoms with van der Waals surface area (Å²) in [5, 5.41) is 0. The number of rotatable bonds is 28. The largest absolute Gasteiger partial charge is 1.00 e. The number of allylic oxidation sites excluding steroid dienone is 1. The third-order valence-electron chi connectivity index (χ3n) is 6.99. The molecule has 0 aliphatic heterocycles. The topological polar surface area (TPSA) is 66.4 Å². The van der Waals surface area contributed by atoms with Gasteiger partial charge in [0.05, 0.1) is 6.61 Å². The Bertz CT molecular complexity index is 551. The molecule has 36 heavy (non-hydrogen) atoms.